The summed E-state index contributed by atoms with van der Waals surface area (Å²) in [6.07, 6.45) is -3.50. The maximum absolute atomic E-state index is 13.0. The van der Waals surface area contributed by atoms with E-state index in [1.807, 2.05) is 0 Å². The molecule has 0 amide bonds. The van der Waals surface area contributed by atoms with Gasteiger partial charge in [-0.1, -0.05) is 17.7 Å². The lowest BCUT2D eigenvalue weighted by molar-refractivity contribution is -0.384. The van der Waals surface area contributed by atoms with Crippen LogP contribution in [0.3, 0.4) is 0 Å². The molecule has 0 bridgehead atoms. The van der Waals surface area contributed by atoms with Crippen molar-refractivity contribution in [3.63, 3.8) is 0 Å². The van der Waals surface area contributed by atoms with Crippen molar-refractivity contribution in [2.45, 2.75) is 12.7 Å². The van der Waals surface area contributed by atoms with Crippen molar-refractivity contribution in [1.82, 2.24) is 9.97 Å². The van der Waals surface area contributed by atoms with Crippen molar-refractivity contribution in [2.75, 3.05) is 12.4 Å². The Balaban J connectivity index is 2.02. The Bertz CT molecular complexity index is 1150. The summed E-state index contributed by atoms with van der Waals surface area (Å²) in [5, 5.41) is 13.8. The number of nitro groups is 1. The van der Waals surface area contributed by atoms with Crippen LogP contribution in [-0.4, -0.2) is 28.0 Å². The lowest BCUT2D eigenvalue weighted by Gasteiger charge is -2.13. The largest absolute Gasteiger partial charge is 0.465 e. The molecule has 0 saturated heterocycles. The smallest absolute Gasteiger partial charge is 0.417 e. The fraction of sp³-hybridized carbons (Fsp3) is 0.167. The van der Waals surface area contributed by atoms with Gasteiger partial charge in [-0.05, 0) is 17.7 Å². The predicted molar refractivity (Wildman–Crippen MR) is 101 cm³/mol. The summed E-state index contributed by atoms with van der Waals surface area (Å²) in [5.74, 6) is -0.738. The lowest BCUT2D eigenvalue weighted by atomic mass is 10.1. The second-order valence-electron chi connectivity index (χ2n) is 6.03. The van der Waals surface area contributed by atoms with E-state index in [0.29, 0.717) is 0 Å². The van der Waals surface area contributed by atoms with Gasteiger partial charge in [0.25, 0.3) is 5.69 Å². The van der Waals surface area contributed by atoms with Crippen LogP contribution in [0.15, 0.2) is 36.7 Å². The molecule has 1 N–H and O–H groups in total. The van der Waals surface area contributed by atoms with Gasteiger partial charge < -0.3 is 10.1 Å². The molecule has 0 radical (unpaired) electrons. The summed E-state index contributed by atoms with van der Waals surface area (Å²) in [4.78, 5) is 30.5. The van der Waals surface area contributed by atoms with Gasteiger partial charge >= 0.3 is 12.1 Å². The van der Waals surface area contributed by atoms with Crippen LogP contribution < -0.4 is 5.32 Å². The minimum absolute atomic E-state index is 0.0945. The van der Waals surface area contributed by atoms with Crippen molar-refractivity contribution in [2.24, 2.45) is 0 Å². The van der Waals surface area contributed by atoms with E-state index in [-0.39, 0.29) is 34.4 Å². The lowest BCUT2D eigenvalue weighted by Crippen LogP contribution is -2.09. The molecule has 0 spiro atoms. The summed E-state index contributed by atoms with van der Waals surface area (Å²) in [6.45, 7) is -0.0946. The molecule has 156 valence electrons. The molecule has 3 aromatic rings. The van der Waals surface area contributed by atoms with Crippen molar-refractivity contribution in [1.29, 1.82) is 0 Å². The average Bonchev–Trinajstić information content (AvgIpc) is 2.70. The fourth-order valence-corrected chi connectivity index (χ4v) is 2.97. The molecule has 1 aromatic heterocycles. The number of alkyl halides is 3. The second kappa shape index (κ2) is 8.11. The van der Waals surface area contributed by atoms with Gasteiger partial charge in [0.05, 0.1) is 39.1 Å². The van der Waals surface area contributed by atoms with Crippen LogP contribution in [0, 0.1) is 10.1 Å². The van der Waals surface area contributed by atoms with Gasteiger partial charge in [0, 0.05) is 18.7 Å². The van der Waals surface area contributed by atoms with Gasteiger partial charge in [0.2, 0.25) is 0 Å². The zero-order valence-electron chi connectivity index (χ0n) is 15.2. The van der Waals surface area contributed by atoms with Crippen LogP contribution in [0.2, 0.25) is 5.02 Å². The van der Waals surface area contributed by atoms with Crippen LogP contribution in [0.5, 0.6) is 0 Å². The molecule has 2 aromatic carbocycles. The number of aromatic nitrogens is 2. The normalized spacial score (nSPS) is 11.4. The highest BCUT2D eigenvalue weighted by Crippen LogP contribution is 2.35. The summed E-state index contributed by atoms with van der Waals surface area (Å²) < 4.78 is 43.8. The molecule has 0 aliphatic heterocycles. The number of hydrogen-bond acceptors (Lipinski definition) is 7. The van der Waals surface area contributed by atoms with Gasteiger partial charge in [-0.25, -0.2) is 14.8 Å². The monoisotopic (exact) mass is 440 g/mol. The number of methoxy groups -OCH3 is 1. The fourth-order valence-electron chi connectivity index (χ4n) is 2.75. The number of nitrogens with zero attached hydrogens (tertiary/aromatic N) is 3. The van der Waals surface area contributed by atoms with Crippen molar-refractivity contribution < 1.29 is 27.6 Å². The summed E-state index contributed by atoms with van der Waals surface area (Å²) in [7, 11) is 1.12. The molecule has 1 heterocycles. The standard InChI is InChI=1S/C18H12ClF3N4O4/c1-30-17(27)12-6-10(26(28)29)5-11-15(12)24-8-25-16(11)23-7-9-2-3-14(19)13(4-9)18(20,21)22/h2-6,8H,7H2,1H3,(H,23,24,25). The Morgan fingerprint density at radius 1 is 1.27 bits per heavy atom. The molecule has 0 atom stereocenters. The Kier molecular flexibility index (Phi) is 5.74. The molecular formula is C18H12ClF3N4O4. The van der Waals surface area contributed by atoms with Gasteiger partial charge in [-0.2, -0.15) is 13.2 Å². The molecule has 0 aliphatic carbocycles. The number of esters is 1. The van der Waals surface area contributed by atoms with Crippen LogP contribution in [0.1, 0.15) is 21.5 Å². The number of rotatable bonds is 5. The van der Waals surface area contributed by atoms with Crippen molar-refractivity contribution >= 4 is 40.0 Å². The molecule has 30 heavy (non-hydrogen) atoms. The maximum Gasteiger partial charge on any atom is 0.417 e. The zero-order chi connectivity index (χ0) is 22.1. The van der Waals surface area contributed by atoms with E-state index >= 15 is 0 Å². The minimum atomic E-state index is -4.62. The Morgan fingerprint density at radius 3 is 2.63 bits per heavy atom. The number of carbonyl (C=O) groups excluding carboxylic acids is 1. The molecular weight excluding hydrogens is 429 g/mol. The third-order valence-corrected chi connectivity index (χ3v) is 4.47. The number of benzene rings is 2. The van der Waals surface area contributed by atoms with Crippen LogP contribution >= 0.6 is 11.6 Å². The number of carbonyl (C=O) groups is 1. The van der Waals surface area contributed by atoms with Crippen LogP contribution in [0.4, 0.5) is 24.7 Å². The van der Waals surface area contributed by atoms with Gasteiger partial charge in [-0.3, -0.25) is 10.1 Å². The Labute approximate surface area is 171 Å². The van der Waals surface area contributed by atoms with E-state index < -0.39 is 33.3 Å². The topological polar surface area (TPSA) is 107 Å². The third-order valence-electron chi connectivity index (χ3n) is 4.14. The SMILES string of the molecule is COC(=O)c1cc([N+](=O)[O-])cc2c(NCc3ccc(Cl)c(C(F)(F)F)c3)ncnc12. The predicted octanol–water partition coefficient (Wildman–Crippen LogP) is 4.61. The van der Waals surface area contributed by atoms with E-state index in [9.17, 15) is 28.1 Å². The zero-order valence-corrected chi connectivity index (χ0v) is 15.9. The summed E-state index contributed by atoms with van der Waals surface area (Å²) >= 11 is 5.62. The van der Waals surface area contributed by atoms with E-state index in [2.05, 4.69) is 20.0 Å². The Hall–Kier alpha value is -3.47. The van der Waals surface area contributed by atoms with Crippen molar-refractivity contribution in [3.8, 4) is 0 Å². The number of non-ortho nitro benzene ring substituents is 1. The van der Waals surface area contributed by atoms with Gasteiger partial charge in [0.1, 0.15) is 12.1 Å². The summed E-state index contributed by atoms with van der Waals surface area (Å²) in [6, 6.07) is 5.60. The van der Waals surface area contributed by atoms with E-state index in [1.54, 1.807) is 0 Å². The number of nitro benzene ring substituents is 1. The molecule has 0 saturated carbocycles. The highest BCUT2D eigenvalue weighted by atomic mass is 35.5. The maximum atomic E-state index is 13.0. The molecule has 0 unspecified atom stereocenters. The number of ether oxygens (including phenoxy) is 1. The highest BCUT2D eigenvalue weighted by Gasteiger charge is 2.33. The molecule has 8 nitrogen and oxygen atoms in total. The van der Waals surface area contributed by atoms with E-state index in [4.69, 9.17) is 11.6 Å². The first-order valence-corrected chi connectivity index (χ1v) is 8.60. The molecule has 3 rings (SSSR count). The molecule has 0 aliphatic rings. The first-order valence-electron chi connectivity index (χ1n) is 8.22. The number of nitrogens with one attached hydrogen (secondary N) is 1. The molecule has 0 fully saturated rings. The number of hydrogen-bond donors (Lipinski definition) is 1. The van der Waals surface area contributed by atoms with E-state index in [1.165, 1.54) is 6.07 Å². The second-order valence-corrected chi connectivity index (χ2v) is 6.43. The molecule has 12 heteroatoms. The van der Waals surface area contributed by atoms with E-state index in [0.717, 1.165) is 37.7 Å². The first-order chi connectivity index (χ1) is 14.1. The quantitative estimate of drug-likeness (QED) is 0.350. The van der Waals surface area contributed by atoms with Crippen molar-refractivity contribution in [3.05, 3.63) is 68.5 Å². The number of halogens is 4. The van der Waals surface area contributed by atoms with Gasteiger partial charge in [-0.15, -0.1) is 0 Å². The minimum Gasteiger partial charge on any atom is -0.465 e. The number of anilines is 1. The summed E-state index contributed by atoms with van der Waals surface area (Å²) in [5.41, 5.74) is -1.18. The third kappa shape index (κ3) is 4.25. The van der Waals surface area contributed by atoms with Gasteiger partial charge in [0.15, 0.2) is 0 Å². The van der Waals surface area contributed by atoms with Crippen LogP contribution in [0.25, 0.3) is 10.9 Å². The Morgan fingerprint density at radius 2 is 2.00 bits per heavy atom. The average molecular weight is 441 g/mol. The first kappa shape index (κ1) is 21.2. The highest BCUT2D eigenvalue weighted by molar-refractivity contribution is 6.31. The number of fused-ring (bicyclic) bond motifs is 1. The van der Waals surface area contributed by atoms with Crippen LogP contribution in [-0.2, 0) is 17.5 Å².